The molecule has 2 saturated carbocycles. The van der Waals surface area contributed by atoms with Crippen molar-refractivity contribution in [3.63, 3.8) is 0 Å². The van der Waals surface area contributed by atoms with Crippen LogP contribution in [0.5, 0.6) is 5.75 Å². The molecule has 0 saturated heterocycles. The summed E-state index contributed by atoms with van der Waals surface area (Å²) >= 11 is 0. The number of fused-ring (bicyclic) bond motifs is 3. The molecule has 4 rings (SSSR count). The van der Waals surface area contributed by atoms with Gasteiger partial charge in [-0.25, -0.2) is 0 Å². The van der Waals surface area contributed by atoms with Gasteiger partial charge < -0.3 is 26.0 Å². The van der Waals surface area contributed by atoms with Crippen LogP contribution in [-0.4, -0.2) is 89.5 Å². The van der Waals surface area contributed by atoms with E-state index in [1.807, 2.05) is 19.9 Å². The van der Waals surface area contributed by atoms with Crippen LogP contribution in [0, 0.1) is 23.7 Å². The summed E-state index contributed by atoms with van der Waals surface area (Å²) in [5.74, 6) is -11.0. The van der Waals surface area contributed by atoms with Gasteiger partial charge in [-0.2, -0.15) is 0 Å². The number of nitrogens with two attached hydrogens (primary N) is 1. The minimum atomic E-state index is -2.76. The van der Waals surface area contributed by atoms with Crippen molar-refractivity contribution in [3.8, 4) is 5.75 Å². The number of phenolic OH excluding ortho intramolecular Hbond substituents is 1. The molecule has 12 heteroatoms. The van der Waals surface area contributed by atoms with Crippen LogP contribution in [0.2, 0.25) is 0 Å². The number of esters is 1. The summed E-state index contributed by atoms with van der Waals surface area (Å²) in [4.78, 5) is 79.7. The van der Waals surface area contributed by atoms with E-state index in [1.54, 1.807) is 14.1 Å². The van der Waals surface area contributed by atoms with E-state index in [0.717, 1.165) is 5.56 Å². The Morgan fingerprint density at radius 2 is 1.86 bits per heavy atom. The fraction of sp³-hybridized carbons (Fsp3) is 0.600. The quantitative estimate of drug-likeness (QED) is 0.174. The van der Waals surface area contributed by atoms with Gasteiger partial charge in [0.15, 0.2) is 34.7 Å². The van der Waals surface area contributed by atoms with Crippen molar-refractivity contribution < 1.29 is 43.7 Å². The van der Waals surface area contributed by atoms with Gasteiger partial charge in [0.05, 0.1) is 24.6 Å². The number of methoxy groups -OCH3 is 1. The normalized spacial score (nSPS) is 28.9. The molecule has 42 heavy (non-hydrogen) atoms. The summed E-state index contributed by atoms with van der Waals surface area (Å²) in [6.45, 7) is 4.54. The Balaban J connectivity index is 1.74. The molecule has 0 spiro atoms. The lowest BCUT2D eigenvalue weighted by Gasteiger charge is -2.52. The first-order chi connectivity index (χ1) is 19.7. The summed E-state index contributed by atoms with van der Waals surface area (Å²) in [6.07, 6.45) is 0.953. The van der Waals surface area contributed by atoms with Gasteiger partial charge in [0.2, 0.25) is 5.91 Å². The van der Waals surface area contributed by atoms with Gasteiger partial charge in [0.1, 0.15) is 5.75 Å². The predicted molar refractivity (Wildman–Crippen MR) is 148 cm³/mol. The number of rotatable bonds is 9. The van der Waals surface area contributed by atoms with Crippen molar-refractivity contribution in [3.05, 3.63) is 28.3 Å². The molecule has 6 atom stereocenters. The predicted octanol–water partition coefficient (Wildman–Crippen LogP) is 0.0332. The zero-order valence-corrected chi connectivity index (χ0v) is 24.6. The number of aliphatic hydroxyl groups is 1. The minimum Gasteiger partial charge on any atom is -0.507 e. The van der Waals surface area contributed by atoms with Crippen LogP contribution < -0.4 is 11.1 Å². The number of hydrogen-bond acceptors (Lipinski definition) is 11. The molecule has 0 bridgehead atoms. The van der Waals surface area contributed by atoms with Crippen LogP contribution in [0.4, 0.5) is 0 Å². The average molecular weight is 586 g/mol. The van der Waals surface area contributed by atoms with Crippen molar-refractivity contribution in [2.24, 2.45) is 29.4 Å². The third-order valence-corrected chi connectivity index (χ3v) is 9.07. The summed E-state index contributed by atoms with van der Waals surface area (Å²) in [7, 11) is 4.41. The van der Waals surface area contributed by atoms with E-state index in [4.69, 9.17) is 5.73 Å². The molecule has 0 radical (unpaired) electrons. The molecule has 3 aliphatic carbocycles. The minimum absolute atomic E-state index is 0.00565. The fourth-order valence-corrected chi connectivity index (χ4v) is 7.09. The van der Waals surface area contributed by atoms with Crippen molar-refractivity contribution >= 4 is 35.0 Å². The van der Waals surface area contributed by atoms with Gasteiger partial charge in [-0.05, 0) is 62.9 Å². The van der Waals surface area contributed by atoms with Crippen LogP contribution in [0.3, 0.4) is 0 Å². The molecule has 1 aromatic carbocycles. The molecule has 0 aromatic heterocycles. The Bertz CT molecular complexity index is 1350. The van der Waals surface area contributed by atoms with Crippen LogP contribution in [0.15, 0.2) is 6.07 Å². The Morgan fingerprint density at radius 1 is 1.19 bits per heavy atom. The number of hydrogen-bond donors (Lipinski definition) is 4. The molecular formula is C30H39N3O9. The number of nitrogens with one attached hydrogen (secondary N) is 1. The highest BCUT2D eigenvalue weighted by Crippen LogP contribution is 2.51. The first-order valence-electron chi connectivity index (χ1n) is 14.2. The molecule has 12 nitrogen and oxygen atoms in total. The first kappa shape index (κ1) is 31.5. The number of carbonyl (C=O) groups is 6. The van der Waals surface area contributed by atoms with Crippen molar-refractivity contribution in [2.75, 3.05) is 27.7 Å². The second-order valence-corrected chi connectivity index (χ2v) is 12.1. The van der Waals surface area contributed by atoms with Crippen LogP contribution in [-0.2, 0) is 41.7 Å². The Morgan fingerprint density at radius 3 is 2.43 bits per heavy atom. The molecule has 0 heterocycles. The molecule has 228 valence electrons. The van der Waals surface area contributed by atoms with Crippen LogP contribution in [0.1, 0.15) is 66.1 Å². The maximum absolute atomic E-state index is 14.1. The van der Waals surface area contributed by atoms with Crippen molar-refractivity contribution in [2.45, 2.75) is 63.6 Å². The van der Waals surface area contributed by atoms with Crippen LogP contribution in [0.25, 0.3) is 0 Å². The molecule has 1 aromatic rings. The van der Waals surface area contributed by atoms with Gasteiger partial charge in [0, 0.05) is 24.4 Å². The lowest BCUT2D eigenvalue weighted by atomic mass is 9.52. The molecular weight excluding hydrogens is 546 g/mol. The highest BCUT2D eigenvalue weighted by atomic mass is 16.5. The number of aromatic hydroxyl groups is 1. The van der Waals surface area contributed by atoms with E-state index in [9.17, 15) is 39.0 Å². The van der Waals surface area contributed by atoms with E-state index in [2.05, 4.69) is 10.1 Å². The third kappa shape index (κ3) is 4.95. The largest absolute Gasteiger partial charge is 0.507 e. The van der Waals surface area contributed by atoms with E-state index < -0.39 is 64.4 Å². The number of phenols is 1. The zero-order chi connectivity index (χ0) is 31.3. The maximum atomic E-state index is 14.1. The lowest BCUT2D eigenvalue weighted by Crippen LogP contribution is -2.74. The number of ether oxygens (including phenoxy) is 1. The Kier molecular flexibility index (Phi) is 8.73. The maximum Gasteiger partial charge on any atom is 0.305 e. The van der Waals surface area contributed by atoms with Crippen molar-refractivity contribution in [1.82, 2.24) is 10.2 Å². The van der Waals surface area contributed by atoms with E-state index in [1.165, 1.54) is 12.0 Å². The zero-order valence-electron chi connectivity index (χ0n) is 24.6. The molecule has 2 fully saturated rings. The fourth-order valence-electron chi connectivity index (χ4n) is 7.09. The van der Waals surface area contributed by atoms with Crippen molar-refractivity contribution in [1.29, 1.82) is 0 Å². The van der Waals surface area contributed by atoms with Gasteiger partial charge in [-0.1, -0.05) is 19.9 Å². The number of likely N-dealkylation sites (N-methyl/N-ethyl adjacent to an activating group) is 1. The number of primary amides is 1. The number of carbonyl (C=O) groups excluding carboxylic acids is 6. The number of Topliss-reactive ketones (excluding diaryl/α,β-unsaturated/α-hetero) is 4. The summed E-state index contributed by atoms with van der Waals surface area (Å²) < 4.78 is 4.64. The highest BCUT2D eigenvalue weighted by Gasteiger charge is 2.69. The molecule has 2 unspecified atom stereocenters. The SMILES string of the molecule is COC(=O)CCCNCc1cc(C(C)C)c2c(c1O)C(=O)C1C(=O)[C@]3(O)C(=O)C(C(N)=O)C(=O)[C@@H](N(C)C)[C@@H]3C[C@@H]1C2. The monoisotopic (exact) mass is 585 g/mol. The molecule has 3 aliphatic rings. The first-order valence-corrected chi connectivity index (χ1v) is 14.2. The van der Waals surface area contributed by atoms with Gasteiger partial charge in [0.25, 0.3) is 0 Å². The number of amides is 1. The molecule has 1 amide bonds. The smallest absolute Gasteiger partial charge is 0.305 e. The topological polar surface area (TPSA) is 193 Å². The number of nitrogens with zero attached hydrogens (tertiary/aromatic N) is 1. The summed E-state index contributed by atoms with van der Waals surface area (Å²) in [6, 6.07) is 0.686. The lowest BCUT2D eigenvalue weighted by molar-refractivity contribution is -0.181. The Hall–Kier alpha value is -3.48. The third-order valence-electron chi connectivity index (χ3n) is 9.07. The Labute approximate surface area is 243 Å². The van der Waals surface area contributed by atoms with Gasteiger partial charge in [-0.3, -0.25) is 33.7 Å². The highest BCUT2D eigenvalue weighted by molar-refractivity contribution is 6.32. The van der Waals surface area contributed by atoms with Crippen LogP contribution >= 0.6 is 0 Å². The standard InChI is InChI=1S/C30H39N3O9/c1-13(2)16-10-15(12-32-8-6-7-19(34)42-5)24(35)21-17(16)9-14-11-18-23(33(3)4)26(37)22(29(31)40)28(39)30(18,41)27(38)20(14)25(21)36/h10,13-14,18,20,22-23,32,35,41H,6-9,11-12H2,1-5H3,(H2,31,40)/t14-,18-,20?,22?,23-,30-/m0/s1. The molecule has 5 N–H and O–H groups in total. The van der Waals surface area contributed by atoms with E-state index in [0.29, 0.717) is 24.1 Å². The van der Waals surface area contributed by atoms with Gasteiger partial charge in [-0.15, -0.1) is 0 Å². The summed E-state index contributed by atoms with van der Waals surface area (Å²) in [5.41, 5.74) is 4.46. The van der Waals surface area contributed by atoms with Gasteiger partial charge >= 0.3 is 5.97 Å². The average Bonchev–Trinajstić information content (AvgIpc) is 2.90. The second kappa shape index (κ2) is 11.7. The second-order valence-electron chi connectivity index (χ2n) is 12.1. The molecule has 0 aliphatic heterocycles. The van der Waals surface area contributed by atoms with E-state index >= 15 is 0 Å². The summed E-state index contributed by atoms with van der Waals surface area (Å²) in [5, 5.41) is 26.2. The van der Waals surface area contributed by atoms with E-state index in [-0.39, 0.29) is 49.0 Å². The number of ketones is 4. The number of benzene rings is 1.